The summed E-state index contributed by atoms with van der Waals surface area (Å²) in [4.78, 5) is 37.0. The SMILES string of the molecule is COc1cc(/C=N\NC(=O)Cn2c3ccccc3c(=O)c3ccccc32)cc(OC)c1OC(C)=O. The van der Waals surface area contributed by atoms with E-state index < -0.39 is 5.97 Å². The van der Waals surface area contributed by atoms with Crippen molar-refractivity contribution in [3.8, 4) is 17.2 Å². The molecule has 3 aromatic carbocycles. The van der Waals surface area contributed by atoms with E-state index in [0.29, 0.717) is 27.4 Å². The minimum atomic E-state index is -0.516. The van der Waals surface area contributed by atoms with Crippen molar-refractivity contribution in [2.24, 2.45) is 5.10 Å². The highest BCUT2D eigenvalue weighted by atomic mass is 16.6. The number of hydrogen-bond donors (Lipinski definition) is 1. The van der Waals surface area contributed by atoms with Crippen LogP contribution in [0.4, 0.5) is 0 Å². The van der Waals surface area contributed by atoms with Crippen molar-refractivity contribution in [3.63, 3.8) is 0 Å². The number of para-hydroxylation sites is 2. The van der Waals surface area contributed by atoms with Crippen LogP contribution in [0.1, 0.15) is 12.5 Å². The second-order valence-electron chi connectivity index (χ2n) is 7.59. The summed E-state index contributed by atoms with van der Waals surface area (Å²) in [7, 11) is 2.87. The predicted octanol–water partition coefficient (Wildman–Crippen LogP) is 3.25. The molecule has 0 fully saturated rings. The van der Waals surface area contributed by atoms with E-state index in [1.807, 2.05) is 24.3 Å². The zero-order valence-electron chi connectivity index (χ0n) is 19.4. The van der Waals surface area contributed by atoms with Crippen molar-refractivity contribution >= 4 is 39.9 Å². The van der Waals surface area contributed by atoms with Crippen molar-refractivity contribution in [1.82, 2.24) is 9.99 Å². The minimum Gasteiger partial charge on any atom is -0.493 e. The largest absolute Gasteiger partial charge is 0.493 e. The first-order valence-electron chi connectivity index (χ1n) is 10.7. The van der Waals surface area contributed by atoms with E-state index in [2.05, 4.69) is 10.5 Å². The summed E-state index contributed by atoms with van der Waals surface area (Å²) in [6, 6.07) is 17.5. The quantitative estimate of drug-likeness (QED) is 0.145. The number of fused-ring (bicyclic) bond motifs is 2. The van der Waals surface area contributed by atoms with Crippen LogP contribution in [0.25, 0.3) is 21.8 Å². The first kappa shape index (κ1) is 23.5. The highest BCUT2D eigenvalue weighted by molar-refractivity contribution is 5.95. The summed E-state index contributed by atoms with van der Waals surface area (Å²) < 4.78 is 17.5. The molecule has 0 saturated heterocycles. The number of methoxy groups -OCH3 is 2. The number of hydrazone groups is 1. The fourth-order valence-electron chi connectivity index (χ4n) is 3.82. The molecule has 0 aliphatic carbocycles. The van der Waals surface area contributed by atoms with Gasteiger partial charge in [0, 0.05) is 23.3 Å². The zero-order chi connectivity index (χ0) is 24.9. The Balaban J connectivity index is 1.60. The van der Waals surface area contributed by atoms with Crippen LogP contribution in [-0.2, 0) is 16.1 Å². The van der Waals surface area contributed by atoms with Gasteiger partial charge in [-0.2, -0.15) is 5.10 Å². The van der Waals surface area contributed by atoms with Gasteiger partial charge in [-0.15, -0.1) is 0 Å². The highest BCUT2D eigenvalue weighted by Gasteiger charge is 2.16. The highest BCUT2D eigenvalue weighted by Crippen LogP contribution is 2.38. The van der Waals surface area contributed by atoms with Gasteiger partial charge in [-0.1, -0.05) is 24.3 Å². The van der Waals surface area contributed by atoms with Gasteiger partial charge in [-0.3, -0.25) is 14.4 Å². The number of pyridine rings is 1. The maximum absolute atomic E-state index is 12.9. The van der Waals surface area contributed by atoms with E-state index in [0.717, 1.165) is 0 Å². The smallest absolute Gasteiger partial charge is 0.308 e. The first-order chi connectivity index (χ1) is 16.9. The standard InChI is InChI=1S/C26H23N3O6/c1-16(30)35-26-22(33-2)12-17(13-23(26)34-3)14-27-28-24(31)15-29-20-10-6-4-8-18(20)25(32)19-9-5-7-11-21(19)29/h4-14H,15H2,1-3H3,(H,28,31)/b27-14-. The number of carbonyl (C=O) groups is 2. The third-order valence-corrected chi connectivity index (χ3v) is 5.31. The molecule has 0 aliphatic heterocycles. The molecule has 0 unspecified atom stereocenters. The van der Waals surface area contributed by atoms with Crippen LogP contribution < -0.4 is 25.1 Å². The molecule has 9 heteroatoms. The normalized spacial score (nSPS) is 11.1. The number of amides is 1. The number of benzene rings is 3. The molecule has 0 saturated carbocycles. The summed E-state index contributed by atoms with van der Waals surface area (Å²) in [5.74, 6) is -0.189. The first-order valence-corrected chi connectivity index (χ1v) is 10.7. The van der Waals surface area contributed by atoms with E-state index in [4.69, 9.17) is 14.2 Å². The Hall–Kier alpha value is -4.66. The third kappa shape index (κ3) is 4.84. The monoisotopic (exact) mass is 473 g/mol. The molecule has 4 aromatic rings. The Morgan fingerprint density at radius 1 is 0.943 bits per heavy atom. The molecule has 4 rings (SSSR count). The summed E-state index contributed by atoms with van der Waals surface area (Å²) in [5.41, 5.74) is 4.30. The van der Waals surface area contributed by atoms with E-state index in [-0.39, 0.29) is 35.1 Å². The summed E-state index contributed by atoms with van der Waals surface area (Å²) in [6.07, 6.45) is 1.42. The molecule has 1 aromatic heterocycles. The number of esters is 1. The maximum atomic E-state index is 12.9. The van der Waals surface area contributed by atoms with Crippen LogP contribution in [0.15, 0.2) is 70.6 Å². The van der Waals surface area contributed by atoms with Crippen LogP contribution >= 0.6 is 0 Å². The average Bonchev–Trinajstić information content (AvgIpc) is 2.86. The maximum Gasteiger partial charge on any atom is 0.308 e. The van der Waals surface area contributed by atoms with Crippen molar-refractivity contribution in [2.75, 3.05) is 14.2 Å². The van der Waals surface area contributed by atoms with Gasteiger partial charge in [0.25, 0.3) is 5.91 Å². The van der Waals surface area contributed by atoms with Gasteiger partial charge in [0.1, 0.15) is 6.54 Å². The van der Waals surface area contributed by atoms with Crippen molar-refractivity contribution < 1.29 is 23.8 Å². The van der Waals surface area contributed by atoms with Crippen molar-refractivity contribution in [2.45, 2.75) is 13.5 Å². The molecule has 9 nitrogen and oxygen atoms in total. The third-order valence-electron chi connectivity index (χ3n) is 5.31. The van der Waals surface area contributed by atoms with Gasteiger partial charge in [0.15, 0.2) is 16.9 Å². The van der Waals surface area contributed by atoms with Gasteiger partial charge < -0.3 is 18.8 Å². The lowest BCUT2D eigenvalue weighted by Crippen LogP contribution is -2.25. The Morgan fingerprint density at radius 3 is 2.00 bits per heavy atom. The number of carbonyl (C=O) groups excluding carboxylic acids is 2. The summed E-state index contributed by atoms with van der Waals surface area (Å²) in [5, 5.41) is 5.11. The van der Waals surface area contributed by atoms with Crippen LogP contribution in [0.2, 0.25) is 0 Å². The zero-order valence-corrected chi connectivity index (χ0v) is 19.4. The Bertz CT molecular complexity index is 1440. The molecular weight excluding hydrogens is 450 g/mol. The number of nitrogens with one attached hydrogen (secondary N) is 1. The number of ether oxygens (including phenoxy) is 3. The second-order valence-corrected chi connectivity index (χ2v) is 7.59. The molecule has 0 aliphatic rings. The number of rotatable bonds is 7. The average molecular weight is 473 g/mol. The lowest BCUT2D eigenvalue weighted by atomic mass is 10.1. The molecule has 35 heavy (non-hydrogen) atoms. The molecule has 1 N–H and O–H groups in total. The fraction of sp³-hybridized carbons (Fsp3) is 0.154. The van der Waals surface area contributed by atoms with E-state index >= 15 is 0 Å². The Morgan fingerprint density at radius 2 is 1.49 bits per heavy atom. The summed E-state index contributed by atoms with van der Waals surface area (Å²) in [6.45, 7) is 1.23. The van der Waals surface area contributed by atoms with Gasteiger partial charge in [0.05, 0.1) is 31.5 Å². The molecule has 1 amide bonds. The van der Waals surface area contributed by atoms with Crippen LogP contribution in [0, 0.1) is 0 Å². The van der Waals surface area contributed by atoms with Crippen LogP contribution in [-0.4, -0.2) is 36.9 Å². The fourth-order valence-corrected chi connectivity index (χ4v) is 3.82. The second kappa shape index (κ2) is 10.1. The number of aromatic nitrogens is 1. The van der Waals surface area contributed by atoms with E-state index in [1.165, 1.54) is 27.4 Å². The number of nitrogens with zero attached hydrogens (tertiary/aromatic N) is 2. The van der Waals surface area contributed by atoms with Gasteiger partial charge >= 0.3 is 5.97 Å². The molecule has 0 radical (unpaired) electrons. The summed E-state index contributed by atoms with van der Waals surface area (Å²) >= 11 is 0. The Labute approximate surface area is 200 Å². The van der Waals surface area contributed by atoms with Crippen molar-refractivity contribution in [3.05, 3.63) is 76.5 Å². The predicted molar refractivity (Wildman–Crippen MR) is 132 cm³/mol. The molecule has 0 bridgehead atoms. The molecule has 0 spiro atoms. The lowest BCUT2D eigenvalue weighted by molar-refractivity contribution is -0.132. The topological polar surface area (TPSA) is 108 Å². The van der Waals surface area contributed by atoms with E-state index in [9.17, 15) is 14.4 Å². The minimum absolute atomic E-state index is 0.0450. The van der Waals surface area contributed by atoms with Crippen molar-refractivity contribution in [1.29, 1.82) is 0 Å². The molecular formula is C26H23N3O6. The van der Waals surface area contributed by atoms with Gasteiger partial charge in [-0.05, 0) is 36.4 Å². The Kier molecular flexibility index (Phi) is 6.77. The number of hydrogen-bond acceptors (Lipinski definition) is 7. The van der Waals surface area contributed by atoms with Gasteiger partial charge in [0.2, 0.25) is 5.75 Å². The molecule has 1 heterocycles. The lowest BCUT2D eigenvalue weighted by Gasteiger charge is -2.14. The van der Waals surface area contributed by atoms with Gasteiger partial charge in [-0.25, -0.2) is 5.43 Å². The van der Waals surface area contributed by atoms with Crippen LogP contribution in [0.5, 0.6) is 17.2 Å². The molecule has 178 valence electrons. The van der Waals surface area contributed by atoms with E-state index in [1.54, 1.807) is 41.0 Å². The molecule has 0 atom stereocenters. The van der Waals surface area contributed by atoms with Crippen LogP contribution in [0.3, 0.4) is 0 Å².